The maximum atomic E-state index is 5.60. The second kappa shape index (κ2) is 4.29. The van der Waals surface area contributed by atoms with E-state index in [1.165, 1.54) is 0 Å². The lowest BCUT2D eigenvalue weighted by Crippen LogP contribution is -1.96. The molecule has 0 spiro atoms. The minimum absolute atomic E-state index is 0.286. The molecule has 3 rings (SSSR count). The molecule has 6 heteroatoms. The highest BCUT2D eigenvalue weighted by atomic mass is 79.9. The van der Waals surface area contributed by atoms with Crippen molar-refractivity contribution in [3.63, 3.8) is 0 Å². The molecule has 4 nitrogen and oxygen atoms in total. The quantitative estimate of drug-likeness (QED) is 0.926. The van der Waals surface area contributed by atoms with Gasteiger partial charge in [-0.1, -0.05) is 0 Å². The molecule has 1 aliphatic heterocycles. The first-order chi connectivity index (χ1) is 8.28. The molecule has 0 amide bonds. The Bertz CT molecular complexity index is 571. The molecule has 1 aliphatic rings. The van der Waals surface area contributed by atoms with E-state index in [1.54, 1.807) is 11.3 Å². The number of halogens is 1. The number of nitrogens with zero attached hydrogens (tertiary/aromatic N) is 1. The van der Waals surface area contributed by atoms with Crippen LogP contribution < -0.4 is 15.2 Å². The monoisotopic (exact) mass is 312 g/mol. The van der Waals surface area contributed by atoms with Crippen LogP contribution in [0.5, 0.6) is 11.5 Å². The molecule has 2 heterocycles. The smallest absolute Gasteiger partial charge is 0.231 e. The van der Waals surface area contributed by atoms with Crippen molar-refractivity contribution in [2.24, 2.45) is 5.73 Å². The Balaban J connectivity index is 2.03. The predicted octanol–water partition coefficient (Wildman–Crippen LogP) is 2.76. The normalized spacial score (nSPS) is 13.1. The lowest BCUT2D eigenvalue weighted by atomic mass is 10.2. The summed E-state index contributed by atoms with van der Waals surface area (Å²) in [7, 11) is 0. The highest BCUT2D eigenvalue weighted by Crippen LogP contribution is 2.38. The summed E-state index contributed by atoms with van der Waals surface area (Å²) in [5.74, 6) is 1.55. The van der Waals surface area contributed by atoms with Crippen LogP contribution >= 0.6 is 27.3 Å². The lowest BCUT2D eigenvalue weighted by molar-refractivity contribution is 0.174. The number of aromatic nitrogens is 1. The van der Waals surface area contributed by atoms with Gasteiger partial charge < -0.3 is 15.2 Å². The Morgan fingerprint density at radius 3 is 2.94 bits per heavy atom. The van der Waals surface area contributed by atoms with Gasteiger partial charge in [0.2, 0.25) is 6.79 Å². The summed E-state index contributed by atoms with van der Waals surface area (Å²) in [5.41, 5.74) is 7.49. The highest BCUT2D eigenvalue weighted by molar-refractivity contribution is 9.11. The van der Waals surface area contributed by atoms with E-state index in [4.69, 9.17) is 15.2 Å². The van der Waals surface area contributed by atoms with E-state index in [2.05, 4.69) is 20.9 Å². The molecule has 88 valence electrons. The zero-order valence-electron chi connectivity index (χ0n) is 8.77. The summed E-state index contributed by atoms with van der Waals surface area (Å²) < 4.78 is 11.6. The Labute approximate surface area is 111 Å². The van der Waals surface area contributed by atoms with Crippen LogP contribution in [0.15, 0.2) is 22.0 Å². The Morgan fingerprint density at radius 2 is 2.18 bits per heavy atom. The van der Waals surface area contributed by atoms with E-state index in [-0.39, 0.29) is 6.79 Å². The van der Waals surface area contributed by atoms with Crippen molar-refractivity contribution in [1.82, 2.24) is 4.98 Å². The fourth-order valence-electron chi connectivity index (χ4n) is 1.61. The van der Waals surface area contributed by atoms with Gasteiger partial charge in [-0.25, -0.2) is 4.98 Å². The fraction of sp³-hybridized carbons (Fsp3) is 0.182. The second-order valence-electron chi connectivity index (χ2n) is 3.51. The summed E-state index contributed by atoms with van der Waals surface area (Å²) in [6.07, 6.45) is 0. The molecular formula is C11H9BrN2O2S. The number of hydrogen-bond donors (Lipinski definition) is 1. The van der Waals surface area contributed by atoms with Gasteiger partial charge >= 0.3 is 0 Å². The van der Waals surface area contributed by atoms with E-state index < -0.39 is 0 Å². The van der Waals surface area contributed by atoms with Crippen LogP contribution in [0.25, 0.3) is 10.6 Å². The van der Waals surface area contributed by atoms with Crippen molar-refractivity contribution in [1.29, 1.82) is 0 Å². The number of rotatable bonds is 2. The molecule has 2 aromatic rings. The van der Waals surface area contributed by atoms with E-state index in [1.807, 2.05) is 18.2 Å². The third-order valence-electron chi connectivity index (χ3n) is 2.46. The average molecular weight is 313 g/mol. The zero-order chi connectivity index (χ0) is 11.8. The minimum Gasteiger partial charge on any atom is -0.454 e. The van der Waals surface area contributed by atoms with Gasteiger partial charge in [-0.15, -0.1) is 11.3 Å². The largest absolute Gasteiger partial charge is 0.454 e. The third kappa shape index (κ3) is 1.92. The third-order valence-corrected chi connectivity index (χ3v) is 4.34. The van der Waals surface area contributed by atoms with E-state index >= 15 is 0 Å². The molecule has 0 saturated heterocycles. The summed E-state index contributed by atoms with van der Waals surface area (Å²) in [4.78, 5) is 4.47. The number of fused-ring (bicyclic) bond motifs is 1. The molecule has 0 bridgehead atoms. The maximum absolute atomic E-state index is 5.60. The van der Waals surface area contributed by atoms with Crippen LogP contribution in [0.1, 0.15) is 5.69 Å². The highest BCUT2D eigenvalue weighted by Gasteiger charge is 2.16. The van der Waals surface area contributed by atoms with E-state index in [0.717, 1.165) is 31.6 Å². The molecule has 1 aromatic heterocycles. The van der Waals surface area contributed by atoms with Gasteiger partial charge in [0.05, 0.1) is 9.48 Å². The van der Waals surface area contributed by atoms with Crippen LogP contribution in [0, 0.1) is 0 Å². The van der Waals surface area contributed by atoms with Crippen LogP contribution in [-0.2, 0) is 6.54 Å². The summed E-state index contributed by atoms with van der Waals surface area (Å²) in [5, 5.41) is 0.927. The van der Waals surface area contributed by atoms with Gasteiger partial charge in [0.15, 0.2) is 11.5 Å². The van der Waals surface area contributed by atoms with E-state index in [9.17, 15) is 0 Å². The summed E-state index contributed by atoms with van der Waals surface area (Å²) >= 11 is 5.02. The minimum atomic E-state index is 0.286. The average Bonchev–Trinajstić information content (AvgIpc) is 2.93. The van der Waals surface area contributed by atoms with Crippen molar-refractivity contribution in [3.05, 3.63) is 27.7 Å². The Kier molecular flexibility index (Phi) is 2.78. The van der Waals surface area contributed by atoms with Gasteiger partial charge in [0, 0.05) is 12.1 Å². The fourth-order valence-corrected chi connectivity index (χ4v) is 3.14. The molecule has 0 radical (unpaired) electrons. The number of ether oxygens (including phenoxy) is 2. The SMILES string of the molecule is NCc1nc(-c2ccc3c(c2)OCO3)sc1Br. The molecule has 1 aromatic carbocycles. The first-order valence-electron chi connectivity index (χ1n) is 5.03. The number of nitrogens with two attached hydrogens (primary N) is 1. The molecule has 0 saturated carbocycles. The molecule has 0 fully saturated rings. The second-order valence-corrected chi connectivity index (χ2v) is 5.83. The maximum Gasteiger partial charge on any atom is 0.231 e. The number of thiazole rings is 1. The molecule has 0 aliphatic carbocycles. The molecule has 17 heavy (non-hydrogen) atoms. The van der Waals surface area contributed by atoms with Gasteiger partial charge in [-0.3, -0.25) is 0 Å². The van der Waals surface area contributed by atoms with Crippen molar-refractivity contribution in [3.8, 4) is 22.1 Å². The number of hydrogen-bond acceptors (Lipinski definition) is 5. The van der Waals surface area contributed by atoms with Crippen molar-refractivity contribution < 1.29 is 9.47 Å². The van der Waals surface area contributed by atoms with Crippen molar-refractivity contribution in [2.75, 3.05) is 6.79 Å². The van der Waals surface area contributed by atoms with Crippen molar-refractivity contribution >= 4 is 27.3 Å². The van der Waals surface area contributed by atoms with Gasteiger partial charge in [0.1, 0.15) is 5.01 Å². The summed E-state index contributed by atoms with van der Waals surface area (Å²) in [6, 6.07) is 5.81. The first-order valence-corrected chi connectivity index (χ1v) is 6.64. The Morgan fingerprint density at radius 1 is 1.35 bits per heavy atom. The van der Waals surface area contributed by atoms with Crippen LogP contribution in [0.4, 0.5) is 0 Å². The molecule has 0 atom stereocenters. The lowest BCUT2D eigenvalue weighted by Gasteiger charge is -1.98. The van der Waals surface area contributed by atoms with Crippen molar-refractivity contribution in [2.45, 2.75) is 6.54 Å². The van der Waals surface area contributed by atoms with Gasteiger partial charge in [0.25, 0.3) is 0 Å². The van der Waals surface area contributed by atoms with Gasteiger partial charge in [-0.05, 0) is 34.1 Å². The first kappa shape index (κ1) is 11.0. The summed E-state index contributed by atoms with van der Waals surface area (Å²) in [6.45, 7) is 0.718. The van der Waals surface area contributed by atoms with Crippen LogP contribution in [0.3, 0.4) is 0 Å². The number of benzene rings is 1. The van der Waals surface area contributed by atoms with Crippen LogP contribution in [0.2, 0.25) is 0 Å². The van der Waals surface area contributed by atoms with Crippen LogP contribution in [-0.4, -0.2) is 11.8 Å². The zero-order valence-corrected chi connectivity index (χ0v) is 11.2. The van der Waals surface area contributed by atoms with Gasteiger partial charge in [-0.2, -0.15) is 0 Å². The Hall–Kier alpha value is -1.11. The van der Waals surface area contributed by atoms with E-state index in [0.29, 0.717) is 6.54 Å². The molecule has 2 N–H and O–H groups in total. The molecular weight excluding hydrogens is 304 g/mol. The predicted molar refractivity (Wildman–Crippen MR) is 69.3 cm³/mol. The molecule has 0 unspecified atom stereocenters. The topological polar surface area (TPSA) is 57.4 Å². The standard InChI is InChI=1S/C11H9BrN2O2S/c12-10-7(4-13)14-11(17-10)6-1-2-8-9(3-6)16-5-15-8/h1-3H,4-5,13H2.